The van der Waals surface area contributed by atoms with Crippen LogP contribution in [0.15, 0.2) is 30.6 Å². The molecule has 3 rings (SSSR count). The lowest BCUT2D eigenvalue weighted by Gasteiger charge is -2.22. The monoisotopic (exact) mass is 257 g/mol. The van der Waals surface area contributed by atoms with Gasteiger partial charge in [0.05, 0.1) is 5.69 Å². The number of nitrogens with one attached hydrogen (secondary N) is 3. The summed E-state index contributed by atoms with van der Waals surface area (Å²) >= 11 is 0. The van der Waals surface area contributed by atoms with E-state index in [-0.39, 0.29) is 0 Å². The highest BCUT2D eigenvalue weighted by molar-refractivity contribution is 5.58. The van der Waals surface area contributed by atoms with Crippen LogP contribution in [0.3, 0.4) is 0 Å². The van der Waals surface area contributed by atoms with Crippen LogP contribution in [0.5, 0.6) is 0 Å². The second-order valence-electron chi connectivity index (χ2n) is 5.00. The number of nitrogens with zero attached hydrogens (tertiary/aromatic N) is 2. The van der Waals surface area contributed by atoms with Gasteiger partial charge in [-0.15, -0.1) is 10.2 Å². The van der Waals surface area contributed by atoms with E-state index >= 15 is 0 Å². The summed E-state index contributed by atoms with van der Waals surface area (Å²) in [4.78, 5) is 3.02. The van der Waals surface area contributed by atoms with E-state index in [0.717, 1.165) is 36.7 Å². The van der Waals surface area contributed by atoms with Gasteiger partial charge in [-0.1, -0.05) is 0 Å². The van der Waals surface area contributed by atoms with Crippen molar-refractivity contribution in [1.29, 1.82) is 0 Å². The smallest absolute Gasteiger partial charge is 0.148 e. The Morgan fingerprint density at radius 1 is 1.26 bits per heavy atom. The first-order valence-corrected chi connectivity index (χ1v) is 6.83. The highest BCUT2D eigenvalue weighted by Gasteiger charge is 2.12. The molecule has 19 heavy (non-hydrogen) atoms. The van der Waals surface area contributed by atoms with Gasteiger partial charge in [0.1, 0.15) is 5.82 Å². The van der Waals surface area contributed by atoms with Crippen LogP contribution in [-0.2, 0) is 0 Å². The van der Waals surface area contributed by atoms with E-state index in [9.17, 15) is 0 Å². The fraction of sp³-hybridized carbons (Fsp3) is 0.429. The van der Waals surface area contributed by atoms with E-state index in [2.05, 4.69) is 25.8 Å². The van der Waals surface area contributed by atoms with Crippen molar-refractivity contribution in [1.82, 2.24) is 20.5 Å². The van der Waals surface area contributed by atoms with Gasteiger partial charge in [0.2, 0.25) is 0 Å². The molecule has 0 amide bonds. The van der Waals surface area contributed by atoms with Gasteiger partial charge >= 0.3 is 0 Å². The zero-order chi connectivity index (χ0) is 12.9. The molecule has 0 saturated carbocycles. The van der Waals surface area contributed by atoms with Gasteiger partial charge in [-0.2, -0.15) is 0 Å². The van der Waals surface area contributed by atoms with Crippen LogP contribution in [0.1, 0.15) is 12.8 Å². The quantitative estimate of drug-likeness (QED) is 0.782. The van der Waals surface area contributed by atoms with Gasteiger partial charge < -0.3 is 15.6 Å². The van der Waals surface area contributed by atoms with Crippen LogP contribution in [0.2, 0.25) is 0 Å². The molecule has 0 radical (unpaired) electrons. The van der Waals surface area contributed by atoms with Crippen LogP contribution in [0, 0.1) is 5.92 Å². The van der Waals surface area contributed by atoms with E-state index in [1.807, 2.05) is 30.6 Å². The molecular formula is C14H19N5. The van der Waals surface area contributed by atoms with E-state index in [1.54, 1.807) is 0 Å². The molecule has 3 heterocycles. The minimum absolute atomic E-state index is 0.694. The van der Waals surface area contributed by atoms with Crippen molar-refractivity contribution >= 4 is 5.82 Å². The van der Waals surface area contributed by atoms with Gasteiger partial charge in [-0.05, 0) is 50.0 Å². The number of anilines is 1. The van der Waals surface area contributed by atoms with Gasteiger partial charge in [-0.3, -0.25) is 0 Å². The molecule has 1 aliphatic heterocycles. The largest absolute Gasteiger partial charge is 0.368 e. The van der Waals surface area contributed by atoms with E-state index in [0.29, 0.717) is 5.92 Å². The second kappa shape index (κ2) is 5.84. The Morgan fingerprint density at radius 3 is 2.95 bits per heavy atom. The zero-order valence-corrected chi connectivity index (χ0v) is 10.9. The molecule has 1 saturated heterocycles. The maximum Gasteiger partial charge on any atom is 0.148 e. The average molecular weight is 257 g/mol. The summed E-state index contributed by atoms with van der Waals surface area (Å²) in [7, 11) is 0. The number of H-pyrrole nitrogens is 1. The first-order valence-electron chi connectivity index (χ1n) is 6.83. The van der Waals surface area contributed by atoms with Crippen molar-refractivity contribution in [2.75, 3.05) is 25.0 Å². The molecule has 0 aliphatic carbocycles. The standard InChI is InChI=1S/C14H19N5/c1-2-11(8-15-6-1)9-17-14-4-3-13(18-19-14)12-5-7-16-10-12/h3-5,7,10-11,15-16H,1-2,6,8-9H2,(H,17,19). The molecule has 3 N–H and O–H groups in total. The molecule has 1 fully saturated rings. The highest BCUT2D eigenvalue weighted by atomic mass is 15.2. The zero-order valence-electron chi connectivity index (χ0n) is 10.9. The molecule has 2 aromatic rings. The number of aromatic amines is 1. The minimum atomic E-state index is 0.694. The van der Waals surface area contributed by atoms with Crippen LogP contribution >= 0.6 is 0 Å². The van der Waals surface area contributed by atoms with Gasteiger partial charge in [-0.25, -0.2) is 0 Å². The normalized spacial score (nSPS) is 19.3. The van der Waals surface area contributed by atoms with Crippen molar-refractivity contribution in [2.24, 2.45) is 5.92 Å². The van der Waals surface area contributed by atoms with Gasteiger partial charge in [0, 0.05) is 24.5 Å². The Morgan fingerprint density at radius 2 is 2.26 bits per heavy atom. The van der Waals surface area contributed by atoms with Crippen molar-refractivity contribution < 1.29 is 0 Å². The summed E-state index contributed by atoms with van der Waals surface area (Å²) in [6.45, 7) is 3.22. The van der Waals surface area contributed by atoms with Crippen LogP contribution in [-0.4, -0.2) is 34.8 Å². The number of piperidine rings is 1. The third-order valence-electron chi connectivity index (χ3n) is 3.53. The molecule has 1 aliphatic rings. The predicted molar refractivity (Wildman–Crippen MR) is 75.9 cm³/mol. The van der Waals surface area contributed by atoms with Crippen molar-refractivity contribution in [3.05, 3.63) is 30.6 Å². The minimum Gasteiger partial charge on any atom is -0.368 e. The van der Waals surface area contributed by atoms with E-state index < -0.39 is 0 Å². The number of hydrogen-bond acceptors (Lipinski definition) is 4. The van der Waals surface area contributed by atoms with Crippen LogP contribution in [0.4, 0.5) is 5.82 Å². The fourth-order valence-electron chi connectivity index (χ4n) is 2.41. The summed E-state index contributed by atoms with van der Waals surface area (Å²) < 4.78 is 0. The molecule has 1 atom stereocenters. The van der Waals surface area contributed by atoms with Crippen molar-refractivity contribution in [3.63, 3.8) is 0 Å². The second-order valence-corrected chi connectivity index (χ2v) is 5.00. The molecule has 1 unspecified atom stereocenters. The lowest BCUT2D eigenvalue weighted by molar-refractivity contribution is 0.392. The molecule has 5 heteroatoms. The lowest BCUT2D eigenvalue weighted by Crippen LogP contribution is -2.33. The molecule has 100 valence electrons. The fourth-order valence-corrected chi connectivity index (χ4v) is 2.41. The molecule has 0 spiro atoms. The molecule has 5 nitrogen and oxygen atoms in total. The Bertz CT molecular complexity index is 485. The lowest BCUT2D eigenvalue weighted by atomic mass is 10.00. The molecular weight excluding hydrogens is 238 g/mol. The molecule has 2 aromatic heterocycles. The topological polar surface area (TPSA) is 65.6 Å². The van der Waals surface area contributed by atoms with Gasteiger partial charge in [0.15, 0.2) is 0 Å². The number of rotatable bonds is 4. The SMILES string of the molecule is c1cc(-c2ccc(NCC3CCCNC3)nn2)c[nH]1. The third-order valence-corrected chi connectivity index (χ3v) is 3.53. The predicted octanol–water partition coefficient (Wildman–Crippen LogP) is 1.88. The summed E-state index contributed by atoms with van der Waals surface area (Å²) in [6, 6.07) is 5.98. The Labute approximate surface area is 112 Å². The maximum absolute atomic E-state index is 4.24. The summed E-state index contributed by atoms with van der Waals surface area (Å²) in [6.07, 6.45) is 6.36. The average Bonchev–Trinajstić information content (AvgIpc) is 3.01. The summed E-state index contributed by atoms with van der Waals surface area (Å²) in [5, 5.41) is 15.2. The van der Waals surface area contributed by atoms with Crippen molar-refractivity contribution in [2.45, 2.75) is 12.8 Å². The van der Waals surface area contributed by atoms with Crippen molar-refractivity contribution in [3.8, 4) is 11.3 Å². The summed E-state index contributed by atoms with van der Waals surface area (Å²) in [5.41, 5.74) is 1.96. The summed E-state index contributed by atoms with van der Waals surface area (Å²) in [5.74, 6) is 1.55. The van der Waals surface area contributed by atoms with E-state index in [1.165, 1.54) is 12.8 Å². The number of hydrogen-bond donors (Lipinski definition) is 3. The Balaban J connectivity index is 1.57. The highest BCUT2D eigenvalue weighted by Crippen LogP contribution is 2.16. The van der Waals surface area contributed by atoms with Crippen LogP contribution < -0.4 is 10.6 Å². The molecule has 0 bridgehead atoms. The van der Waals surface area contributed by atoms with Gasteiger partial charge in [0.25, 0.3) is 0 Å². The Kier molecular flexibility index (Phi) is 3.74. The first-order chi connectivity index (χ1) is 9.42. The number of aromatic nitrogens is 3. The Hall–Kier alpha value is -1.88. The maximum atomic E-state index is 4.24. The third kappa shape index (κ3) is 3.12. The molecule has 0 aromatic carbocycles. The first kappa shape index (κ1) is 12.2. The van der Waals surface area contributed by atoms with E-state index in [4.69, 9.17) is 0 Å². The van der Waals surface area contributed by atoms with Crippen LogP contribution in [0.25, 0.3) is 11.3 Å².